The van der Waals surface area contributed by atoms with E-state index in [1.807, 2.05) is 0 Å². The van der Waals surface area contributed by atoms with Crippen molar-refractivity contribution < 1.29 is 5.11 Å². The summed E-state index contributed by atoms with van der Waals surface area (Å²) in [4.78, 5) is 3.81. The summed E-state index contributed by atoms with van der Waals surface area (Å²) in [6.07, 6.45) is 1.62. The summed E-state index contributed by atoms with van der Waals surface area (Å²) >= 11 is 1.80. The van der Waals surface area contributed by atoms with E-state index >= 15 is 0 Å². The predicted molar refractivity (Wildman–Crippen MR) is 72.3 cm³/mol. The Morgan fingerprint density at radius 1 is 1.47 bits per heavy atom. The molecule has 0 aliphatic carbocycles. The SMILES string of the molecule is Cc1ccsc1C(C(C)N)N1CCC(O)CC1. The maximum Gasteiger partial charge on any atom is 0.0593 e. The summed E-state index contributed by atoms with van der Waals surface area (Å²) in [6, 6.07) is 2.60. The van der Waals surface area contributed by atoms with Gasteiger partial charge in [0.25, 0.3) is 0 Å². The molecule has 0 saturated carbocycles. The van der Waals surface area contributed by atoms with Crippen LogP contribution < -0.4 is 5.73 Å². The zero-order chi connectivity index (χ0) is 12.4. The summed E-state index contributed by atoms with van der Waals surface area (Å²) in [7, 11) is 0. The van der Waals surface area contributed by atoms with Crippen LogP contribution in [0.3, 0.4) is 0 Å². The van der Waals surface area contributed by atoms with E-state index in [0.29, 0.717) is 6.04 Å². The summed E-state index contributed by atoms with van der Waals surface area (Å²) < 4.78 is 0. The molecule has 1 aromatic rings. The number of piperidine rings is 1. The topological polar surface area (TPSA) is 49.5 Å². The zero-order valence-corrected chi connectivity index (χ0v) is 11.4. The standard InChI is InChI=1S/C13H22N2OS/c1-9-5-8-17-13(9)12(10(2)14)15-6-3-11(16)4-7-15/h5,8,10-12,16H,3-4,6-7,14H2,1-2H3. The van der Waals surface area contributed by atoms with Crippen molar-refractivity contribution in [2.45, 2.75) is 44.9 Å². The highest BCUT2D eigenvalue weighted by atomic mass is 32.1. The molecule has 96 valence electrons. The molecule has 4 heteroatoms. The lowest BCUT2D eigenvalue weighted by Gasteiger charge is -2.38. The predicted octanol–water partition coefficient (Wildman–Crippen LogP) is 1.90. The second-order valence-electron chi connectivity index (χ2n) is 5.04. The van der Waals surface area contributed by atoms with Gasteiger partial charge in [0.2, 0.25) is 0 Å². The highest BCUT2D eigenvalue weighted by molar-refractivity contribution is 7.10. The first kappa shape index (κ1) is 13.0. The Balaban J connectivity index is 2.16. The number of rotatable bonds is 3. The van der Waals surface area contributed by atoms with E-state index < -0.39 is 0 Å². The van der Waals surface area contributed by atoms with Gasteiger partial charge in [-0.15, -0.1) is 11.3 Å². The van der Waals surface area contributed by atoms with E-state index in [2.05, 4.69) is 30.2 Å². The third-order valence-electron chi connectivity index (χ3n) is 3.56. The molecule has 3 nitrogen and oxygen atoms in total. The van der Waals surface area contributed by atoms with Gasteiger partial charge in [0, 0.05) is 24.0 Å². The van der Waals surface area contributed by atoms with Crippen molar-refractivity contribution >= 4 is 11.3 Å². The van der Waals surface area contributed by atoms with Crippen LogP contribution in [-0.2, 0) is 0 Å². The fourth-order valence-electron chi connectivity index (χ4n) is 2.59. The van der Waals surface area contributed by atoms with Crippen molar-refractivity contribution in [1.29, 1.82) is 0 Å². The zero-order valence-electron chi connectivity index (χ0n) is 10.6. The molecule has 1 aliphatic rings. The van der Waals surface area contributed by atoms with E-state index in [9.17, 15) is 5.11 Å². The smallest absolute Gasteiger partial charge is 0.0593 e. The Bertz CT molecular complexity index is 356. The number of hydrogen-bond donors (Lipinski definition) is 2. The van der Waals surface area contributed by atoms with Crippen LogP contribution in [0, 0.1) is 6.92 Å². The molecule has 0 radical (unpaired) electrons. The minimum atomic E-state index is -0.121. The largest absolute Gasteiger partial charge is 0.393 e. The van der Waals surface area contributed by atoms with Crippen LogP contribution in [0.4, 0.5) is 0 Å². The van der Waals surface area contributed by atoms with Crippen LogP contribution in [0.25, 0.3) is 0 Å². The Morgan fingerprint density at radius 2 is 2.12 bits per heavy atom. The molecule has 17 heavy (non-hydrogen) atoms. The molecule has 0 spiro atoms. The first-order valence-electron chi connectivity index (χ1n) is 6.31. The van der Waals surface area contributed by atoms with Gasteiger partial charge < -0.3 is 10.8 Å². The average Bonchev–Trinajstić information content (AvgIpc) is 2.68. The quantitative estimate of drug-likeness (QED) is 0.866. The van der Waals surface area contributed by atoms with Gasteiger partial charge in [-0.1, -0.05) is 0 Å². The molecule has 2 atom stereocenters. The lowest BCUT2D eigenvalue weighted by Crippen LogP contribution is -2.44. The van der Waals surface area contributed by atoms with Crippen molar-refractivity contribution in [2.24, 2.45) is 5.73 Å². The number of likely N-dealkylation sites (tertiary alicyclic amines) is 1. The Hall–Kier alpha value is -0.420. The van der Waals surface area contributed by atoms with Crippen LogP contribution in [0.1, 0.15) is 36.2 Å². The molecular weight excluding hydrogens is 232 g/mol. The third kappa shape index (κ3) is 2.88. The van der Waals surface area contributed by atoms with Gasteiger partial charge in [-0.3, -0.25) is 4.90 Å². The van der Waals surface area contributed by atoms with Gasteiger partial charge in [0.15, 0.2) is 0 Å². The van der Waals surface area contributed by atoms with E-state index in [1.165, 1.54) is 10.4 Å². The molecule has 1 aliphatic heterocycles. The maximum atomic E-state index is 9.58. The number of hydrogen-bond acceptors (Lipinski definition) is 4. The van der Waals surface area contributed by atoms with Gasteiger partial charge in [-0.05, 0) is 43.7 Å². The van der Waals surface area contributed by atoms with Crippen molar-refractivity contribution in [3.05, 3.63) is 21.9 Å². The molecule has 2 unspecified atom stereocenters. The first-order chi connectivity index (χ1) is 8.09. The second-order valence-corrected chi connectivity index (χ2v) is 5.99. The highest BCUT2D eigenvalue weighted by Crippen LogP contribution is 2.32. The summed E-state index contributed by atoms with van der Waals surface area (Å²) in [6.45, 7) is 6.13. The minimum Gasteiger partial charge on any atom is -0.393 e. The monoisotopic (exact) mass is 254 g/mol. The Labute approximate surface area is 107 Å². The number of nitrogens with zero attached hydrogens (tertiary/aromatic N) is 1. The van der Waals surface area contributed by atoms with Gasteiger partial charge in [-0.25, -0.2) is 0 Å². The van der Waals surface area contributed by atoms with E-state index in [4.69, 9.17) is 5.73 Å². The molecule has 1 saturated heterocycles. The van der Waals surface area contributed by atoms with E-state index in [-0.39, 0.29) is 12.1 Å². The summed E-state index contributed by atoms with van der Waals surface area (Å²) in [5.41, 5.74) is 7.50. The maximum absolute atomic E-state index is 9.58. The van der Waals surface area contributed by atoms with E-state index in [0.717, 1.165) is 25.9 Å². The normalized spacial score (nSPS) is 22.6. The molecule has 1 aromatic heterocycles. The van der Waals surface area contributed by atoms with Crippen LogP contribution >= 0.6 is 11.3 Å². The van der Waals surface area contributed by atoms with Gasteiger partial charge in [0.05, 0.1) is 12.1 Å². The average molecular weight is 254 g/mol. The van der Waals surface area contributed by atoms with Crippen LogP contribution in [0.5, 0.6) is 0 Å². The Kier molecular flexibility index (Phi) is 4.20. The Morgan fingerprint density at radius 3 is 2.59 bits per heavy atom. The number of nitrogens with two attached hydrogens (primary N) is 1. The molecular formula is C13H22N2OS. The highest BCUT2D eigenvalue weighted by Gasteiger charge is 2.29. The number of aliphatic hydroxyl groups excluding tert-OH is 1. The molecule has 1 fully saturated rings. The van der Waals surface area contributed by atoms with Crippen LogP contribution in [0.15, 0.2) is 11.4 Å². The molecule has 0 aromatic carbocycles. The number of aryl methyl sites for hydroxylation is 1. The second kappa shape index (κ2) is 5.48. The van der Waals surface area contributed by atoms with Crippen molar-refractivity contribution in [3.63, 3.8) is 0 Å². The fraction of sp³-hybridized carbons (Fsp3) is 0.692. The summed E-state index contributed by atoms with van der Waals surface area (Å²) in [5, 5.41) is 11.7. The third-order valence-corrected chi connectivity index (χ3v) is 4.65. The lowest BCUT2D eigenvalue weighted by molar-refractivity contribution is 0.0556. The molecule has 2 rings (SSSR count). The van der Waals surface area contributed by atoms with Crippen molar-refractivity contribution in [2.75, 3.05) is 13.1 Å². The summed E-state index contributed by atoms with van der Waals surface area (Å²) in [5.74, 6) is 0. The van der Waals surface area contributed by atoms with Crippen molar-refractivity contribution in [1.82, 2.24) is 4.90 Å². The molecule has 0 amide bonds. The van der Waals surface area contributed by atoms with Crippen LogP contribution in [-0.4, -0.2) is 35.2 Å². The minimum absolute atomic E-state index is 0.121. The lowest BCUT2D eigenvalue weighted by atomic mass is 9.99. The number of aliphatic hydroxyl groups is 1. The number of thiophene rings is 1. The molecule has 3 N–H and O–H groups in total. The van der Waals surface area contributed by atoms with E-state index in [1.54, 1.807) is 11.3 Å². The van der Waals surface area contributed by atoms with Gasteiger partial charge >= 0.3 is 0 Å². The fourth-order valence-corrected chi connectivity index (χ4v) is 3.76. The van der Waals surface area contributed by atoms with Crippen LogP contribution in [0.2, 0.25) is 0 Å². The molecule has 0 bridgehead atoms. The molecule has 2 heterocycles. The van der Waals surface area contributed by atoms with Gasteiger partial charge in [0.1, 0.15) is 0 Å². The van der Waals surface area contributed by atoms with Gasteiger partial charge in [-0.2, -0.15) is 0 Å². The first-order valence-corrected chi connectivity index (χ1v) is 7.19. The van der Waals surface area contributed by atoms with Crippen molar-refractivity contribution in [3.8, 4) is 0 Å².